The molecule has 1 heterocycles. The van der Waals surface area contributed by atoms with Gasteiger partial charge in [0, 0.05) is 12.5 Å². The highest BCUT2D eigenvalue weighted by Crippen LogP contribution is 2.32. The molecule has 1 amide bonds. The Labute approximate surface area is 120 Å². The van der Waals surface area contributed by atoms with Crippen LogP contribution < -0.4 is 15.8 Å². The minimum atomic E-state index is -0.421. The molecule has 1 aromatic carbocycles. The Morgan fingerprint density at radius 1 is 1.50 bits per heavy atom. The molecule has 4 nitrogen and oxygen atoms in total. The second-order valence-electron chi connectivity index (χ2n) is 5.53. The van der Waals surface area contributed by atoms with Gasteiger partial charge in [0.1, 0.15) is 5.75 Å². The van der Waals surface area contributed by atoms with Gasteiger partial charge in [0.15, 0.2) is 0 Å². The first-order chi connectivity index (χ1) is 9.63. The van der Waals surface area contributed by atoms with E-state index in [1.54, 1.807) is 0 Å². The fourth-order valence-electron chi connectivity index (χ4n) is 2.48. The van der Waals surface area contributed by atoms with Crippen molar-refractivity contribution in [2.75, 3.05) is 13.2 Å². The van der Waals surface area contributed by atoms with Crippen molar-refractivity contribution in [1.82, 2.24) is 5.32 Å². The van der Waals surface area contributed by atoms with Crippen molar-refractivity contribution >= 4 is 5.91 Å². The van der Waals surface area contributed by atoms with Crippen LogP contribution in [0.1, 0.15) is 38.2 Å². The normalized spacial score (nSPS) is 20.4. The fraction of sp³-hybridized carbons (Fsp3) is 0.562. The molecule has 0 aromatic heterocycles. The van der Waals surface area contributed by atoms with Crippen LogP contribution in [0.5, 0.6) is 5.75 Å². The lowest BCUT2D eigenvalue weighted by molar-refractivity contribution is -0.123. The average Bonchev–Trinajstić information content (AvgIpc) is 2.50. The van der Waals surface area contributed by atoms with Crippen LogP contribution in [0.15, 0.2) is 24.3 Å². The largest absolute Gasteiger partial charge is 0.493 e. The zero-order chi connectivity index (χ0) is 14.5. The van der Waals surface area contributed by atoms with E-state index in [-0.39, 0.29) is 11.8 Å². The van der Waals surface area contributed by atoms with Crippen LogP contribution in [0.4, 0.5) is 0 Å². The van der Waals surface area contributed by atoms with Crippen LogP contribution in [-0.2, 0) is 4.79 Å². The number of rotatable bonds is 5. The van der Waals surface area contributed by atoms with E-state index in [0.29, 0.717) is 19.1 Å². The van der Waals surface area contributed by atoms with E-state index in [4.69, 9.17) is 10.5 Å². The molecule has 20 heavy (non-hydrogen) atoms. The van der Waals surface area contributed by atoms with Gasteiger partial charge in [-0.1, -0.05) is 38.5 Å². The summed E-state index contributed by atoms with van der Waals surface area (Å²) in [6.07, 6.45) is 1.84. The summed E-state index contributed by atoms with van der Waals surface area (Å²) < 4.78 is 5.63. The first kappa shape index (κ1) is 14.9. The Balaban J connectivity index is 1.94. The number of carbonyl (C=O) groups excluding carboxylic acids is 1. The molecule has 1 aromatic rings. The number of ether oxygens (including phenoxy) is 1. The molecule has 0 fully saturated rings. The van der Waals surface area contributed by atoms with Gasteiger partial charge < -0.3 is 15.8 Å². The number of benzene rings is 1. The first-order valence-electron chi connectivity index (χ1n) is 7.38. The number of carbonyl (C=O) groups is 1. The van der Waals surface area contributed by atoms with Crippen LogP contribution in [0.25, 0.3) is 0 Å². The van der Waals surface area contributed by atoms with E-state index in [1.807, 2.05) is 32.0 Å². The smallest absolute Gasteiger partial charge is 0.237 e. The molecule has 2 rings (SSSR count). The zero-order valence-corrected chi connectivity index (χ0v) is 12.3. The standard InChI is InChI=1S/C16H24N2O2/c1-3-11(2)15(17)16(19)18-10-12-8-9-20-14-7-5-4-6-13(12)14/h4-7,11-12,15H,3,8-10,17H2,1-2H3,(H,18,19). The number of hydrogen-bond donors (Lipinski definition) is 2. The van der Waals surface area contributed by atoms with Crippen LogP contribution in [-0.4, -0.2) is 25.1 Å². The lowest BCUT2D eigenvalue weighted by atomic mass is 9.92. The summed E-state index contributed by atoms with van der Waals surface area (Å²) in [6.45, 7) is 5.39. The number of hydrogen-bond acceptors (Lipinski definition) is 3. The summed E-state index contributed by atoms with van der Waals surface area (Å²) in [4.78, 5) is 12.0. The van der Waals surface area contributed by atoms with Gasteiger partial charge in [0.25, 0.3) is 0 Å². The summed E-state index contributed by atoms with van der Waals surface area (Å²) in [5.41, 5.74) is 7.12. The van der Waals surface area contributed by atoms with Gasteiger partial charge in [-0.2, -0.15) is 0 Å². The van der Waals surface area contributed by atoms with Crippen LogP contribution in [0.2, 0.25) is 0 Å². The Morgan fingerprint density at radius 2 is 2.25 bits per heavy atom. The molecule has 0 spiro atoms. The van der Waals surface area contributed by atoms with Gasteiger partial charge in [0.2, 0.25) is 5.91 Å². The first-order valence-corrected chi connectivity index (χ1v) is 7.38. The second-order valence-corrected chi connectivity index (χ2v) is 5.53. The van der Waals surface area contributed by atoms with Crippen molar-refractivity contribution < 1.29 is 9.53 Å². The third kappa shape index (κ3) is 3.31. The third-order valence-electron chi connectivity index (χ3n) is 4.17. The van der Waals surface area contributed by atoms with E-state index >= 15 is 0 Å². The molecule has 3 atom stereocenters. The topological polar surface area (TPSA) is 64.4 Å². The number of para-hydroxylation sites is 1. The van der Waals surface area contributed by atoms with Crippen molar-refractivity contribution in [2.24, 2.45) is 11.7 Å². The molecule has 0 aliphatic carbocycles. The molecule has 3 unspecified atom stereocenters. The molecule has 0 bridgehead atoms. The molecule has 110 valence electrons. The summed E-state index contributed by atoms with van der Waals surface area (Å²) in [5.74, 6) is 1.40. The fourth-order valence-corrected chi connectivity index (χ4v) is 2.48. The lowest BCUT2D eigenvalue weighted by Crippen LogP contribution is -2.45. The molecule has 1 aliphatic rings. The van der Waals surface area contributed by atoms with E-state index < -0.39 is 6.04 Å². The summed E-state index contributed by atoms with van der Waals surface area (Å²) in [5, 5.41) is 2.99. The van der Waals surface area contributed by atoms with E-state index in [9.17, 15) is 4.79 Å². The maximum absolute atomic E-state index is 12.0. The molecular weight excluding hydrogens is 252 g/mol. The highest BCUT2D eigenvalue weighted by atomic mass is 16.5. The SMILES string of the molecule is CCC(C)C(N)C(=O)NCC1CCOc2ccccc21. The molecule has 0 radical (unpaired) electrons. The number of nitrogens with one attached hydrogen (secondary N) is 1. The third-order valence-corrected chi connectivity index (χ3v) is 4.17. The Kier molecular flexibility index (Phi) is 5.01. The summed E-state index contributed by atoms with van der Waals surface area (Å²) in [7, 11) is 0. The highest BCUT2D eigenvalue weighted by molar-refractivity contribution is 5.81. The van der Waals surface area contributed by atoms with Gasteiger partial charge in [-0.15, -0.1) is 0 Å². The van der Waals surface area contributed by atoms with Crippen molar-refractivity contribution in [3.63, 3.8) is 0 Å². The van der Waals surface area contributed by atoms with E-state index in [1.165, 1.54) is 5.56 Å². The number of fused-ring (bicyclic) bond motifs is 1. The van der Waals surface area contributed by atoms with Crippen LogP contribution >= 0.6 is 0 Å². The number of amides is 1. The number of nitrogens with two attached hydrogens (primary N) is 1. The Hall–Kier alpha value is -1.55. The molecule has 4 heteroatoms. The maximum atomic E-state index is 12.0. The summed E-state index contributed by atoms with van der Waals surface area (Å²) >= 11 is 0. The maximum Gasteiger partial charge on any atom is 0.237 e. The molecule has 3 N–H and O–H groups in total. The van der Waals surface area contributed by atoms with Gasteiger partial charge in [-0.25, -0.2) is 0 Å². The predicted octanol–water partition coefficient (Wildman–Crippen LogP) is 2.04. The van der Waals surface area contributed by atoms with Gasteiger partial charge in [-0.05, 0) is 24.0 Å². The Bertz CT molecular complexity index is 462. The lowest BCUT2D eigenvalue weighted by Gasteiger charge is -2.27. The van der Waals surface area contributed by atoms with Gasteiger partial charge >= 0.3 is 0 Å². The zero-order valence-electron chi connectivity index (χ0n) is 12.3. The van der Waals surface area contributed by atoms with Gasteiger partial charge in [-0.3, -0.25) is 4.79 Å². The highest BCUT2D eigenvalue weighted by Gasteiger charge is 2.24. The quantitative estimate of drug-likeness (QED) is 0.865. The predicted molar refractivity (Wildman–Crippen MR) is 79.7 cm³/mol. The van der Waals surface area contributed by atoms with E-state index in [2.05, 4.69) is 11.4 Å². The van der Waals surface area contributed by atoms with Crippen LogP contribution in [0.3, 0.4) is 0 Å². The molecule has 1 aliphatic heterocycles. The van der Waals surface area contributed by atoms with E-state index in [0.717, 1.165) is 18.6 Å². The average molecular weight is 276 g/mol. The molecule has 0 saturated heterocycles. The second kappa shape index (κ2) is 6.75. The van der Waals surface area contributed by atoms with Crippen molar-refractivity contribution in [3.8, 4) is 5.75 Å². The van der Waals surface area contributed by atoms with Crippen molar-refractivity contribution in [1.29, 1.82) is 0 Å². The van der Waals surface area contributed by atoms with Gasteiger partial charge in [0.05, 0.1) is 12.6 Å². The monoisotopic (exact) mass is 276 g/mol. The van der Waals surface area contributed by atoms with Crippen molar-refractivity contribution in [2.45, 2.75) is 38.6 Å². The molecular formula is C16H24N2O2. The van der Waals surface area contributed by atoms with Crippen molar-refractivity contribution in [3.05, 3.63) is 29.8 Å². The van der Waals surface area contributed by atoms with Crippen LogP contribution in [0, 0.1) is 5.92 Å². The Morgan fingerprint density at radius 3 is 3.00 bits per heavy atom. The minimum Gasteiger partial charge on any atom is -0.493 e. The minimum absolute atomic E-state index is 0.0525. The summed E-state index contributed by atoms with van der Waals surface area (Å²) in [6, 6.07) is 7.61. The molecule has 0 saturated carbocycles.